The Labute approximate surface area is 166 Å². The molecule has 158 valence electrons. The van der Waals surface area contributed by atoms with Crippen LogP contribution in [0.2, 0.25) is 0 Å². The van der Waals surface area contributed by atoms with Crippen LogP contribution in [0.15, 0.2) is 49.1 Å². The third-order valence-electron chi connectivity index (χ3n) is 3.85. The topological polar surface area (TPSA) is 123 Å². The summed E-state index contributed by atoms with van der Waals surface area (Å²) in [5.74, 6) is 0. The van der Waals surface area contributed by atoms with Crippen LogP contribution in [0.4, 0.5) is 0 Å². The van der Waals surface area contributed by atoms with E-state index in [0.29, 0.717) is 25.9 Å². The smallest absolute Gasteiger partial charge is 0.325 e. The van der Waals surface area contributed by atoms with Gasteiger partial charge in [-0.25, -0.2) is 9.13 Å². The molecule has 0 unspecified atom stereocenters. The number of pyridine rings is 2. The van der Waals surface area contributed by atoms with Crippen LogP contribution >= 0.6 is 15.2 Å². The van der Waals surface area contributed by atoms with E-state index < -0.39 is 15.2 Å². The summed E-state index contributed by atoms with van der Waals surface area (Å²) in [6.45, 7) is 1.08. The molecule has 2 rings (SSSR count). The van der Waals surface area contributed by atoms with E-state index in [1.807, 2.05) is 58.2 Å². The van der Waals surface area contributed by atoms with Gasteiger partial charge in [-0.2, -0.15) is 0 Å². The van der Waals surface area contributed by atoms with Crippen LogP contribution in [0.5, 0.6) is 0 Å². The summed E-state index contributed by atoms with van der Waals surface area (Å²) in [7, 11) is -7.88. The SMILES string of the molecule is O=P(O)(O)CCC[n+]1ccc(-c2cc[n+](CCCP(=O)(O)O)cc2)cc1.[CH3-].[CH3-]. The van der Waals surface area contributed by atoms with Gasteiger partial charge in [0.1, 0.15) is 13.1 Å². The first-order valence-corrected chi connectivity index (χ1v) is 11.8. The molecule has 0 bridgehead atoms. The van der Waals surface area contributed by atoms with Crippen LogP contribution in [-0.2, 0) is 22.2 Å². The first-order chi connectivity index (χ1) is 12.1. The largest absolute Gasteiger partial charge is 0.358 e. The molecular formula is C18H30N2O6P2. The number of rotatable bonds is 9. The molecule has 0 aliphatic rings. The minimum absolute atomic E-state index is 0. The molecule has 2 aromatic heterocycles. The molecule has 4 N–H and O–H groups in total. The molecule has 0 fully saturated rings. The summed E-state index contributed by atoms with van der Waals surface area (Å²) < 4.78 is 25.5. The highest BCUT2D eigenvalue weighted by Gasteiger charge is 2.15. The van der Waals surface area contributed by atoms with Crippen LogP contribution in [0.25, 0.3) is 11.1 Å². The molecule has 2 aromatic rings. The lowest BCUT2D eigenvalue weighted by Gasteiger charge is -2.03. The van der Waals surface area contributed by atoms with Gasteiger partial charge in [-0.05, 0) is 11.1 Å². The Morgan fingerprint density at radius 2 is 0.929 bits per heavy atom. The maximum atomic E-state index is 10.8. The van der Waals surface area contributed by atoms with Gasteiger partial charge < -0.3 is 34.4 Å². The van der Waals surface area contributed by atoms with E-state index in [1.54, 1.807) is 0 Å². The summed E-state index contributed by atoms with van der Waals surface area (Å²) in [5, 5.41) is 0. The Kier molecular flexibility index (Phi) is 11.0. The summed E-state index contributed by atoms with van der Waals surface area (Å²) in [6, 6.07) is 7.74. The van der Waals surface area contributed by atoms with Gasteiger partial charge in [0.05, 0.1) is 12.3 Å². The number of aryl methyl sites for hydroxylation is 2. The Hall–Kier alpha value is -1.40. The van der Waals surface area contributed by atoms with Crippen LogP contribution < -0.4 is 9.13 Å². The number of nitrogens with zero attached hydrogens (tertiary/aromatic N) is 2. The van der Waals surface area contributed by atoms with Gasteiger partial charge in [0, 0.05) is 37.1 Å². The van der Waals surface area contributed by atoms with Crippen molar-refractivity contribution in [1.29, 1.82) is 0 Å². The normalized spacial score (nSPS) is 11.4. The van der Waals surface area contributed by atoms with Crippen molar-refractivity contribution >= 4 is 15.2 Å². The van der Waals surface area contributed by atoms with E-state index in [1.165, 1.54) is 0 Å². The van der Waals surface area contributed by atoms with Crippen molar-refractivity contribution in [2.45, 2.75) is 25.9 Å². The van der Waals surface area contributed by atoms with Crippen LogP contribution in [-0.4, -0.2) is 31.9 Å². The van der Waals surface area contributed by atoms with Crippen LogP contribution in [0.3, 0.4) is 0 Å². The van der Waals surface area contributed by atoms with Gasteiger partial charge >= 0.3 is 15.2 Å². The van der Waals surface area contributed by atoms with Crippen molar-refractivity contribution in [3.8, 4) is 11.1 Å². The van der Waals surface area contributed by atoms with E-state index in [4.69, 9.17) is 19.6 Å². The number of hydrogen-bond donors (Lipinski definition) is 4. The quantitative estimate of drug-likeness (QED) is 0.273. The molecule has 0 atom stereocenters. The Bertz CT molecular complexity index is 730. The zero-order chi connectivity index (χ0) is 19.2. The van der Waals surface area contributed by atoms with E-state index in [9.17, 15) is 9.13 Å². The molecule has 28 heavy (non-hydrogen) atoms. The maximum absolute atomic E-state index is 10.8. The molecule has 0 radical (unpaired) electrons. The average molecular weight is 432 g/mol. The fourth-order valence-electron chi connectivity index (χ4n) is 2.52. The first-order valence-electron chi connectivity index (χ1n) is 8.20. The molecule has 0 amide bonds. The van der Waals surface area contributed by atoms with E-state index in [0.717, 1.165) is 11.1 Å². The standard InChI is InChI=1S/C16H22N2O6P2.2CH3/c19-25(20,21)13-1-7-17-9-3-15(4-10-17)16-5-11-18(12-6-16)8-2-14-26(22,23)24;;/h3-6,9-12H,1-2,7-8,13-14H2,(H2-2,19,20,21,22,23,24);2*1H3/q;2*-1/p+2. The summed E-state index contributed by atoms with van der Waals surface area (Å²) in [4.78, 5) is 35.5. The van der Waals surface area contributed by atoms with Gasteiger partial charge in [0.15, 0.2) is 24.8 Å². The lowest BCUT2D eigenvalue weighted by molar-refractivity contribution is -0.697. The molecule has 0 spiro atoms. The fourth-order valence-corrected chi connectivity index (χ4v) is 3.62. The molecule has 2 heterocycles. The lowest BCUT2D eigenvalue weighted by atomic mass is 10.1. The second-order valence-corrected chi connectivity index (χ2v) is 9.69. The van der Waals surface area contributed by atoms with Crippen molar-refractivity contribution in [2.75, 3.05) is 12.3 Å². The zero-order valence-electron chi connectivity index (χ0n) is 16.3. The Morgan fingerprint density at radius 1 is 0.643 bits per heavy atom. The van der Waals surface area contributed by atoms with Crippen LogP contribution in [0, 0.1) is 14.9 Å². The molecule has 8 nitrogen and oxygen atoms in total. The minimum Gasteiger partial charge on any atom is -0.358 e. The average Bonchev–Trinajstić information content (AvgIpc) is 2.54. The summed E-state index contributed by atoms with van der Waals surface area (Å²) >= 11 is 0. The van der Waals surface area contributed by atoms with Gasteiger partial charge in [-0.1, -0.05) is 0 Å². The molecule has 0 saturated carbocycles. The third-order valence-corrected chi connectivity index (χ3v) is 5.64. The molecule has 0 aliphatic heterocycles. The van der Waals surface area contributed by atoms with Crippen molar-refractivity contribution in [2.24, 2.45) is 0 Å². The predicted octanol–water partition coefficient (Wildman–Crippen LogP) is 1.96. The Morgan fingerprint density at radius 3 is 1.18 bits per heavy atom. The summed E-state index contributed by atoms with van der Waals surface area (Å²) in [6.07, 6.45) is 8.06. The van der Waals surface area contributed by atoms with Crippen molar-refractivity contribution in [3.63, 3.8) is 0 Å². The van der Waals surface area contributed by atoms with Gasteiger partial charge in [-0.3, -0.25) is 9.13 Å². The van der Waals surface area contributed by atoms with Gasteiger partial charge in [-0.15, -0.1) is 0 Å². The molecule has 0 aliphatic carbocycles. The van der Waals surface area contributed by atoms with E-state index in [-0.39, 0.29) is 27.2 Å². The fraction of sp³-hybridized carbons (Fsp3) is 0.333. The van der Waals surface area contributed by atoms with Crippen LogP contribution in [0.1, 0.15) is 12.8 Å². The van der Waals surface area contributed by atoms with Crippen molar-refractivity contribution < 1.29 is 37.8 Å². The van der Waals surface area contributed by atoms with Crippen molar-refractivity contribution in [1.82, 2.24) is 0 Å². The highest BCUT2D eigenvalue weighted by Crippen LogP contribution is 2.35. The maximum Gasteiger partial charge on any atom is 0.325 e. The monoisotopic (exact) mass is 432 g/mol. The highest BCUT2D eigenvalue weighted by molar-refractivity contribution is 7.52. The summed E-state index contributed by atoms with van der Waals surface area (Å²) in [5.41, 5.74) is 2.03. The number of hydrogen-bond acceptors (Lipinski definition) is 2. The Balaban J connectivity index is 0.00000364. The van der Waals surface area contributed by atoms with Gasteiger partial charge in [0.25, 0.3) is 0 Å². The molecule has 0 saturated heterocycles. The lowest BCUT2D eigenvalue weighted by Crippen LogP contribution is -2.33. The zero-order valence-corrected chi connectivity index (χ0v) is 18.0. The second-order valence-electron chi connectivity index (χ2n) is 6.13. The first kappa shape index (κ1) is 26.6. The highest BCUT2D eigenvalue weighted by atomic mass is 31.2. The number of aromatic nitrogens is 2. The van der Waals surface area contributed by atoms with Gasteiger partial charge in [0.2, 0.25) is 0 Å². The van der Waals surface area contributed by atoms with Crippen molar-refractivity contribution in [3.05, 3.63) is 63.9 Å². The molecular weight excluding hydrogens is 402 g/mol. The predicted molar refractivity (Wildman–Crippen MR) is 108 cm³/mol. The third kappa shape index (κ3) is 10.2. The second kappa shape index (κ2) is 11.6. The molecule has 0 aromatic carbocycles. The molecule has 10 heteroatoms. The van der Waals surface area contributed by atoms with E-state index in [2.05, 4.69) is 0 Å². The minimum atomic E-state index is -3.94. The van der Waals surface area contributed by atoms with E-state index >= 15 is 0 Å².